The lowest BCUT2D eigenvalue weighted by atomic mass is 9.70. The Hall–Kier alpha value is -3.30. The first-order valence-corrected chi connectivity index (χ1v) is 10.4. The van der Waals surface area contributed by atoms with E-state index < -0.39 is 28.2 Å². The summed E-state index contributed by atoms with van der Waals surface area (Å²) in [5, 5.41) is 7.07. The minimum Gasteiger partial charge on any atom is -0.443 e. The van der Waals surface area contributed by atoms with Gasteiger partial charge in [0.25, 0.3) is 11.5 Å². The smallest absolute Gasteiger partial charge is 0.267 e. The molecule has 1 aliphatic carbocycles. The van der Waals surface area contributed by atoms with Crippen molar-refractivity contribution >= 4 is 28.5 Å². The van der Waals surface area contributed by atoms with Crippen LogP contribution in [0.5, 0.6) is 0 Å². The fourth-order valence-electron chi connectivity index (χ4n) is 4.90. The number of fused-ring (bicyclic) bond motifs is 1. The average molecular weight is 443 g/mol. The summed E-state index contributed by atoms with van der Waals surface area (Å²) in [4.78, 5) is 30.8. The maximum absolute atomic E-state index is 14.1. The molecule has 2 fully saturated rings. The van der Waals surface area contributed by atoms with Crippen molar-refractivity contribution in [2.75, 3.05) is 23.3 Å². The van der Waals surface area contributed by atoms with Crippen LogP contribution >= 0.6 is 0 Å². The molecule has 168 valence electrons. The second kappa shape index (κ2) is 6.85. The highest BCUT2D eigenvalue weighted by molar-refractivity contribution is 5.92. The molecule has 1 spiro atoms. The van der Waals surface area contributed by atoms with Crippen LogP contribution in [-0.2, 0) is 11.3 Å². The van der Waals surface area contributed by atoms with E-state index >= 15 is 0 Å². The van der Waals surface area contributed by atoms with Gasteiger partial charge >= 0.3 is 0 Å². The molecule has 1 amide bonds. The van der Waals surface area contributed by atoms with Gasteiger partial charge in [-0.05, 0) is 36.1 Å². The van der Waals surface area contributed by atoms with Gasteiger partial charge in [0.2, 0.25) is 5.91 Å². The fraction of sp³-hybridized carbons (Fsp3) is 0.455. The van der Waals surface area contributed by atoms with Crippen LogP contribution < -0.4 is 15.8 Å². The molecule has 10 heteroatoms. The second-order valence-electron chi connectivity index (χ2n) is 9.29. The van der Waals surface area contributed by atoms with E-state index in [-0.39, 0.29) is 13.0 Å². The molecule has 2 aromatic heterocycles. The van der Waals surface area contributed by atoms with Gasteiger partial charge in [-0.2, -0.15) is 5.10 Å². The van der Waals surface area contributed by atoms with Gasteiger partial charge in [0.15, 0.2) is 12.0 Å². The van der Waals surface area contributed by atoms with E-state index in [0.29, 0.717) is 42.1 Å². The van der Waals surface area contributed by atoms with E-state index in [4.69, 9.17) is 4.42 Å². The minimum absolute atomic E-state index is 0.0753. The number of carbonyl (C=O) groups excluding carboxylic acids is 1. The Balaban J connectivity index is 1.31. The molecular formula is C22H23F2N5O3. The van der Waals surface area contributed by atoms with Gasteiger partial charge in [-0.15, -0.1) is 0 Å². The summed E-state index contributed by atoms with van der Waals surface area (Å²) >= 11 is 0. The van der Waals surface area contributed by atoms with Gasteiger partial charge in [-0.1, -0.05) is 13.8 Å². The number of nitrogens with one attached hydrogen (secondary N) is 1. The minimum atomic E-state index is -2.62. The third-order valence-corrected chi connectivity index (χ3v) is 6.87. The highest BCUT2D eigenvalue weighted by Crippen LogP contribution is 2.72. The Labute approximate surface area is 182 Å². The zero-order valence-electron chi connectivity index (χ0n) is 17.8. The number of benzene rings is 1. The number of hydrogen-bond donors (Lipinski definition) is 1. The number of hydrogen-bond acceptors (Lipinski definition) is 6. The quantitative estimate of drug-likeness (QED) is 0.665. The van der Waals surface area contributed by atoms with Crippen molar-refractivity contribution < 1.29 is 18.0 Å². The van der Waals surface area contributed by atoms with Crippen LogP contribution in [0.3, 0.4) is 0 Å². The molecule has 3 aromatic rings. The normalized spacial score (nSPS) is 23.4. The van der Waals surface area contributed by atoms with Gasteiger partial charge in [-0.3, -0.25) is 9.59 Å². The topological polar surface area (TPSA) is 93.3 Å². The number of rotatable bonds is 4. The lowest BCUT2D eigenvalue weighted by Gasteiger charge is -2.45. The maximum Gasteiger partial charge on any atom is 0.267 e. The van der Waals surface area contributed by atoms with Crippen molar-refractivity contribution in [3.8, 4) is 0 Å². The first-order valence-electron chi connectivity index (χ1n) is 10.4. The number of carbonyl (C=O) groups is 1. The van der Waals surface area contributed by atoms with Crippen LogP contribution in [0.25, 0.3) is 11.1 Å². The molecule has 1 saturated heterocycles. The molecule has 1 aliphatic heterocycles. The van der Waals surface area contributed by atoms with Gasteiger partial charge in [0.05, 0.1) is 0 Å². The van der Waals surface area contributed by atoms with Crippen LogP contribution in [0.4, 0.5) is 20.3 Å². The van der Waals surface area contributed by atoms with Gasteiger partial charge in [-0.25, -0.2) is 18.4 Å². The van der Waals surface area contributed by atoms with Crippen molar-refractivity contribution in [2.45, 2.75) is 39.2 Å². The number of oxazole rings is 1. The third-order valence-electron chi connectivity index (χ3n) is 6.87. The van der Waals surface area contributed by atoms with E-state index in [9.17, 15) is 18.4 Å². The number of nitrogens with zero attached hydrogens (tertiary/aromatic N) is 4. The first kappa shape index (κ1) is 20.6. The Bertz CT molecular complexity index is 1270. The highest BCUT2D eigenvalue weighted by atomic mass is 19.3. The zero-order valence-corrected chi connectivity index (χ0v) is 17.8. The van der Waals surface area contributed by atoms with Crippen LogP contribution in [0.1, 0.15) is 26.7 Å². The van der Waals surface area contributed by atoms with Crippen LogP contribution in [0, 0.1) is 10.8 Å². The van der Waals surface area contributed by atoms with Crippen molar-refractivity contribution in [1.82, 2.24) is 14.8 Å². The fourth-order valence-corrected chi connectivity index (χ4v) is 4.90. The zero-order chi connectivity index (χ0) is 22.7. The predicted octanol–water partition coefficient (Wildman–Crippen LogP) is 3.28. The Morgan fingerprint density at radius 3 is 2.75 bits per heavy atom. The number of alkyl halides is 2. The summed E-state index contributed by atoms with van der Waals surface area (Å²) < 4.78 is 34.4. The van der Waals surface area contributed by atoms with Crippen LogP contribution in [0.15, 0.2) is 45.9 Å². The number of amides is 1. The summed E-state index contributed by atoms with van der Waals surface area (Å²) in [5.41, 5.74) is -0.258. The number of halogens is 2. The molecule has 1 aromatic carbocycles. The Morgan fingerprint density at radius 2 is 2.03 bits per heavy atom. The standard InChI is InChI=1S/C22H23F2N5O3/c1-20(2)12-28(8-7-21(20)11-22(21,23)24)17-5-6-19(31)29(27-17)10-18(30)26-14-3-4-16-15(9-14)25-13-32-16/h3-6,9,13H,7-8,10-12H2,1-2H3,(H,26,30). The van der Waals surface area contributed by atoms with Gasteiger partial charge < -0.3 is 14.6 Å². The second-order valence-corrected chi connectivity index (χ2v) is 9.29. The molecule has 1 atom stereocenters. The molecule has 32 heavy (non-hydrogen) atoms. The molecule has 2 aliphatic rings. The summed E-state index contributed by atoms with van der Waals surface area (Å²) in [6.07, 6.45) is 1.60. The Morgan fingerprint density at radius 1 is 1.25 bits per heavy atom. The molecule has 1 saturated carbocycles. The number of aromatic nitrogens is 3. The molecule has 5 rings (SSSR count). The van der Waals surface area contributed by atoms with Crippen LogP contribution in [-0.4, -0.2) is 39.7 Å². The molecule has 1 unspecified atom stereocenters. The molecule has 8 nitrogen and oxygen atoms in total. The van der Waals surface area contributed by atoms with Gasteiger partial charge in [0, 0.05) is 36.7 Å². The first-order chi connectivity index (χ1) is 15.1. The lowest BCUT2D eigenvalue weighted by Crippen LogP contribution is -2.49. The predicted molar refractivity (Wildman–Crippen MR) is 114 cm³/mol. The Kier molecular flexibility index (Phi) is 4.41. The summed E-state index contributed by atoms with van der Waals surface area (Å²) in [6.45, 7) is 4.26. The lowest BCUT2D eigenvalue weighted by molar-refractivity contribution is -0.117. The van der Waals surface area contributed by atoms with E-state index in [1.165, 1.54) is 12.5 Å². The number of anilines is 2. The van der Waals surface area contributed by atoms with E-state index in [1.54, 1.807) is 24.3 Å². The summed E-state index contributed by atoms with van der Waals surface area (Å²) in [7, 11) is 0. The third kappa shape index (κ3) is 3.25. The van der Waals surface area contributed by atoms with E-state index in [0.717, 1.165) is 4.68 Å². The molecule has 0 radical (unpaired) electrons. The maximum atomic E-state index is 14.1. The molecule has 3 heterocycles. The largest absolute Gasteiger partial charge is 0.443 e. The van der Waals surface area contributed by atoms with E-state index in [1.807, 2.05) is 18.7 Å². The molecular weight excluding hydrogens is 420 g/mol. The highest BCUT2D eigenvalue weighted by Gasteiger charge is 2.77. The monoisotopic (exact) mass is 443 g/mol. The molecule has 0 bridgehead atoms. The number of piperidine rings is 1. The van der Waals surface area contributed by atoms with Gasteiger partial charge in [0.1, 0.15) is 17.9 Å². The average Bonchev–Trinajstić information content (AvgIpc) is 3.06. The van der Waals surface area contributed by atoms with Crippen molar-refractivity contribution in [3.05, 3.63) is 47.1 Å². The van der Waals surface area contributed by atoms with Crippen molar-refractivity contribution in [3.63, 3.8) is 0 Å². The molecule has 1 N–H and O–H groups in total. The SMILES string of the molecule is CC1(C)CN(c2ccc(=O)n(CC(=O)Nc3ccc4ocnc4c3)n2)CCC12CC2(F)F. The van der Waals surface area contributed by atoms with E-state index in [2.05, 4.69) is 15.4 Å². The van der Waals surface area contributed by atoms with Crippen molar-refractivity contribution in [1.29, 1.82) is 0 Å². The summed E-state index contributed by atoms with van der Waals surface area (Å²) in [5.74, 6) is -2.55. The summed E-state index contributed by atoms with van der Waals surface area (Å²) in [6, 6.07) is 7.96. The van der Waals surface area contributed by atoms with Crippen LogP contribution in [0.2, 0.25) is 0 Å². The van der Waals surface area contributed by atoms with Crippen molar-refractivity contribution in [2.24, 2.45) is 10.8 Å².